The average Bonchev–Trinajstić information content (AvgIpc) is 2.41. The van der Waals surface area contributed by atoms with Crippen LogP contribution in [0.2, 0.25) is 0 Å². The minimum atomic E-state index is -4.51. The number of carbonyl (C=O) groups excluding carboxylic acids is 1. The van der Waals surface area contributed by atoms with Crippen molar-refractivity contribution in [2.45, 2.75) is 13.1 Å². The zero-order valence-corrected chi connectivity index (χ0v) is 10.9. The number of hydrogen-bond acceptors (Lipinski definition) is 3. The predicted octanol–water partition coefficient (Wildman–Crippen LogP) is 3.37. The molecule has 0 saturated heterocycles. The summed E-state index contributed by atoms with van der Waals surface area (Å²) in [5.41, 5.74) is -0.194. The summed E-state index contributed by atoms with van der Waals surface area (Å²) in [5.74, 6) is -0.938. The second kappa shape index (κ2) is 5.43. The Kier molecular flexibility index (Phi) is 3.84. The Morgan fingerprint density at radius 2 is 1.95 bits per heavy atom. The molecule has 1 aromatic carbocycles. The van der Waals surface area contributed by atoms with E-state index in [1.54, 1.807) is 6.92 Å². The number of pyridine rings is 1. The lowest BCUT2D eigenvalue weighted by molar-refractivity contribution is -0.137. The molecule has 0 unspecified atom stereocenters. The van der Waals surface area contributed by atoms with E-state index in [9.17, 15) is 23.1 Å². The number of amides is 1. The number of hydrogen-bond donors (Lipinski definition) is 2. The molecule has 0 aliphatic heterocycles. The van der Waals surface area contributed by atoms with Crippen molar-refractivity contribution in [3.8, 4) is 5.75 Å². The van der Waals surface area contributed by atoms with Crippen molar-refractivity contribution in [2.75, 3.05) is 5.32 Å². The Bertz CT molecular complexity index is 684. The fourth-order valence-electron chi connectivity index (χ4n) is 1.61. The highest BCUT2D eigenvalue weighted by Crippen LogP contribution is 2.30. The van der Waals surface area contributed by atoms with Gasteiger partial charge in [0, 0.05) is 11.8 Å². The third-order valence-electron chi connectivity index (χ3n) is 2.80. The quantitative estimate of drug-likeness (QED) is 0.893. The number of nitrogens with one attached hydrogen (secondary N) is 1. The highest BCUT2D eigenvalue weighted by atomic mass is 19.4. The lowest BCUT2D eigenvalue weighted by Crippen LogP contribution is -2.14. The van der Waals surface area contributed by atoms with E-state index in [-0.39, 0.29) is 17.1 Å². The monoisotopic (exact) mass is 296 g/mol. The molecule has 21 heavy (non-hydrogen) atoms. The molecule has 0 aliphatic carbocycles. The fraction of sp³-hybridized carbons (Fsp3) is 0.143. The SMILES string of the molecule is Cc1ccc(C(=O)Nc2cc(C(F)(F)F)ccn2)cc1O. The van der Waals surface area contributed by atoms with Gasteiger partial charge in [-0.3, -0.25) is 4.79 Å². The maximum absolute atomic E-state index is 12.6. The van der Waals surface area contributed by atoms with Gasteiger partial charge in [0.2, 0.25) is 0 Å². The van der Waals surface area contributed by atoms with Gasteiger partial charge in [-0.15, -0.1) is 0 Å². The van der Waals surface area contributed by atoms with E-state index in [0.29, 0.717) is 5.56 Å². The summed E-state index contributed by atoms with van der Waals surface area (Å²) >= 11 is 0. The topological polar surface area (TPSA) is 62.2 Å². The molecule has 2 rings (SSSR count). The summed E-state index contributed by atoms with van der Waals surface area (Å²) in [6.07, 6.45) is -3.55. The fourth-order valence-corrected chi connectivity index (χ4v) is 1.61. The second-order valence-corrected chi connectivity index (χ2v) is 4.38. The number of halogens is 3. The molecule has 0 atom stereocenters. The van der Waals surface area contributed by atoms with Crippen molar-refractivity contribution in [3.63, 3.8) is 0 Å². The van der Waals surface area contributed by atoms with Gasteiger partial charge in [0.05, 0.1) is 5.56 Å². The number of anilines is 1. The minimum absolute atomic E-state index is 0.0698. The average molecular weight is 296 g/mol. The predicted molar refractivity (Wildman–Crippen MR) is 70.0 cm³/mol. The highest BCUT2D eigenvalue weighted by Gasteiger charge is 2.30. The number of rotatable bonds is 2. The van der Waals surface area contributed by atoms with Crippen LogP contribution in [-0.2, 0) is 6.18 Å². The number of aryl methyl sites for hydroxylation is 1. The summed E-state index contributed by atoms with van der Waals surface area (Å²) in [6.45, 7) is 1.66. The number of nitrogens with zero attached hydrogens (tertiary/aromatic N) is 1. The van der Waals surface area contributed by atoms with Crippen LogP contribution in [0.5, 0.6) is 5.75 Å². The summed E-state index contributed by atoms with van der Waals surface area (Å²) < 4.78 is 37.7. The van der Waals surface area contributed by atoms with E-state index in [2.05, 4.69) is 10.3 Å². The Hall–Kier alpha value is -2.57. The van der Waals surface area contributed by atoms with E-state index in [1.165, 1.54) is 18.2 Å². The van der Waals surface area contributed by atoms with Crippen molar-refractivity contribution in [3.05, 3.63) is 53.2 Å². The number of benzene rings is 1. The molecule has 1 aromatic heterocycles. The molecule has 2 aromatic rings. The van der Waals surface area contributed by atoms with Crippen LogP contribution < -0.4 is 5.32 Å². The summed E-state index contributed by atoms with van der Waals surface area (Å²) in [5, 5.41) is 11.8. The van der Waals surface area contributed by atoms with E-state index in [1.807, 2.05) is 0 Å². The Morgan fingerprint density at radius 3 is 2.57 bits per heavy atom. The van der Waals surface area contributed by atoms with Gasteiger partial charge in [-0.05, 0) is 36.8 Å². The van der Waals surface area contributed by atoms with Gasteiger partial charge in [-0.1, -0.05) is 6.07 Å². The van der Waals surface area contributed by atoms with Crippen LogP contribution in [0.25, 0.3) is 0 Å². The molecule has 110 valence electrons. The van der Waals surface area contributed by atoms with Gasteiger partial charge >= 0.3 is 6.18 Å². The van der Waals surface area contributed by atoms with Gasteiger partial charge in [-0.25, -0.2) is 4.98 Å². The third-order valence-corrected chi connectivity index (χ3v) is 2.80. The van der Waals surface area contributed by atoms with Gasteiger partial charge < -0.3 is 10.4 Å². The van der Waals surface area contributed by atoms with Crippen molar-refractivity contribution in [1.29, 1.82) is 0 Å². The maximum atomic E-state index is 12.6. The molecule has 0 bridgehead atoms. The number of phenolic OH excluding ortho intramolecular Hbond substituents is 1. The van der Waals surface area contributed by atoms with Crippen LogP contribution in [-0.4, -0.2) is 16.0 Å². The molecule has 1 amide bonds. The van der Waals surface area contributed by atoms with Crippen molar-refractivity contribution in [2.24, 2.45) is 0 Å². The van der Waals surface area contributed by atoms with Gasteiger partial charge in [0.1, 0.15) is 11.6 Å². The molecule has 2 N–H and O–H groups in total. The minimum Gasteiger partial charge on any atom is -0.508 e. The van der Waals surface area contributed by atoms with E-state index in [0.717, 1.165) is 18.3 Å². The first-order chi connectivity index (χ1) is 9.77. The lowest BCUT2D eigenvalue weighted by atomic mass is 10.1. The molecule has 0 fully saturated rings. The van der Waals surface area contributed by atoms with Crippen LogP contribution in [0, 0.1) is 6.92 Å². The first kappa shape index (κ1) is 14.8. The van der Waals surface area contributed by atoms with E-state index in [4.69, 9.17) is 0 Å². The zero-order valence-electron chi connectivity index (χ0n) is 10.9. The molecular weight excluding hydrogens is 285 g/mol. The first-order valence-electron chi connectivity index (χ1n) is 5.91. The first-order valence-corrected chi connectivity index (χ1v) is 5.91. The summed E-state index contributed by atoms with van der Waals surface area (Å²) in [7, 11) is 0. The van der Waals surface area contributed by atoms with Crippen molar-refractivity contribution in [1.82, 2.24) is 4.98 Å². The zero-order chi connectivity index (χ0) is 15.6. The van der Waals surface area contributed by atoms with Crippen LogP contribution in [0.4, 0.5) is 19.0 Å². The lowest BCUT2D eigenvalue weighted by Gasteiger charge is -2.09. The Morgan fingerprint density at radius 1 is 1.24 bits per heavy atom. The Balaban J connectivity index is 2.21. The van der Waals surface area contributed by atoms with Gasteiger partial charge in [0.15, 0.2) is 0 Å². The maximum Gasteiger partial charge on any atom is 0.416 e. The molecular formula is C14H11F3N2O2. The Labute approximate surface area is 118 Å². The third kappa shape index (κ3) is 3.50. The normalized spacial score (nSPS) is 11.2. The standard InChI is InChI=1S/C14H11F3N2O2/c1-8-2-3-9(6-11(8)20)13(21)19-12-7-10(4-5-18-12)14(15,16)17/h2-7,20H,1H3,(H,18,19,21). The molecule has 0 saturated carbocycles. The molecule has 7 heteroatoms. The highest BCUT2D eigenvalue weighted by molar-refractivity contribution is 6.04. The van der Waals surface area contributed by atoms with Crippen LogP contribution >= 0.6 is 0 Å². The smallest absolute Gasteiger partial charge is 0.416 e. The molecule has 0 aliphatic rings. The van der Waals surface area contributed by atoms with E-state index >= 15 is 0 Å². The second-order valence-electron chi connectivity index (χ2n) is 4.38. The van der Waals surface area contributed by atoms with Crippen molar-refractivity contribution < 1.29 is 23.1 Å². The van der Waals surface area contributed by atoms with E-state index < -0.39 is 17.6 Å². The van der Waals surface area contributed by atoms with Crippen LogP contribution in [0.15, 0.2) is 36.5 Å². The number of phenols is 1. The summed E-state index contributed by atoms with van der Waals surface area (Å²) in [6, 6.07) is 5.78. The molecule has 0 spiro atoms. The largest absolute Gasteiger partial charge is 0.508 e. The van der Waals surface area contributed by atoms with Crippen molar-refractivity contribution >= 4 is 11.7 Å². The molecule has 0 radical (unpaired) electrons. The molecule has 1 heterocycles. The number of aromatic nitrogens is 1. The number of carbonyl (C=O) groups is 1. The summed E-state index contributed by atoms with van der Waals surface area (Å²) in [4.78, 5) is 15.6. The van der Waals surface area contributed by atoms with Gasteiger partial charge in [0.25, 0.3) is 5.91 Å². The van der Waals surface area contributed by atoms with Crippen LogP contribution in [0.3, 0.4) is 0 Å². The molecule has 4 nitrogen and oxygen atoms in total. The van der Waals surface area contributed by atoms with Gasteiger partial charge in [-0.2, -0.15) is 13.2 Å². The number of aromatic hydroxyl groups is 1. The van der Waals surface area contributed by atoms with Crippen LogP contribution in [0.1, 0.15) is 21.5 Å². The number of alkyl halides is 3.